The summed E-state index contributed by atoms with van der Waals surface area (Å²) in [5, 5.41) is 14.0. The lowest BCUT2D eigenvalue weighted by Crippen LogP contribution is -2.34. The summed E-state index contributed by atoms with van der Waals surface area (Å²) in [5.41, 5.74) is 0.180. The van der Waals surface area contributed by atoms with Gasteiger partial charge >= 0.3 is 5.97 Å². The maximum absolute atomic E-state index is 13.0. The molecule has 158 valence electrons. The molecule has 2 aromatic rings. The molecule has 0 aliphatic heterocycles. The number of ketones is 1. The molecule has 0 aliphatic rings. The zero-order valence-corrected chi connectivity index (χ0v) is 17.2. The largest absolute Gasteiger partial charge is 0.452 e. The van der Waals surface area contributed by atoms with Gasteiger partial charge in [-0.3, -0.25) is 19.7 Å². The number of nitrogens with zero attached hydrogens (tertiary/aromatic N) is 2. The molecule has 0 spiro atoms. The Bertz CT molecular complexity index is 984. The molecule has 0 fully saturated rings. The Labute approximate surface area is 173 Å². The summed E-state index contributed by atoms with van der Waals surface area (Å²) in [6.07, 6.45) is 0. The topological polar surface area (TPSA) is 119 Å². The van der Waals surface area contributed by atoms with E-state index in [0.717, 1.165) is 0 Å². The van der Waals surface area contributed by atoms with E-state index in [1.165, 1.54) is 30.3 Å². The highest BCUT2D eigenvalue weighted by Gasteiger charge is 2.23. The van der Waals surface area contributed by atoms with Crippen molar-refractivity contribution in [2.75, 3.05) is 25.6 Å². The molecule has 0 atom stereocenters. The maximum atomic E-state index is 13.0. The number of nitrogens with one attached hydrogen (secondary N) is 1. The third-order valence-electron chi connectivity index (χ3n) is 4.09. The molecule has 0 aromatic heterocycles. The van der Waals surface area contributed by atoms with E-state index >= 15 is 0 Å². The average molecular weight is 413 g/mol. The predicted molar refractivity (Wildman–Crippen MR) is 111 cm³/mol. The summed E-state index contributed by atoms with van der Waals surface area (Å²) >= 11 is 0. The van der Waals surface area contributed by atoms with Crippen molar-refractivity contribution in [2.24, 2.45) is 0 Å². The van der Waals surface area contributed by atoms with Crippen LogP contribution in [0.25, 0.3) is 0 Å². The van der Waals surface area contributed by atoms with Crippen LogP contribution in [-0.4, -0.2) is 49.3 Å². The molecule has 0 aliphatic carbocycles. The molecule has 0 saturated heterocycles. The summed E-state index contributed by atoms with van der Waals surface area (Å²) in [5.74, 6) is -1.86. The van der Waals surface area contributed by atoms with Gasteiger partial charge in [0.1, 0.15) is 5.69 Å². The van der Waals surface area contributed by atoms with Gasteiger partial charge in [-0.25, -0.2) is 4.79 Å². The van der Waals surface area contributed by atoms with E-state index in [2.05, 4.69) is 5.32 Å². The monoisotopic (exact) mass is 413 g/mol. The number of nitro benzene ring substituents is 1. The first-order valence-electron chi connectivity index (χ1n) is 9.17. The van der Waals surface area contributed by atoms with E-state index in [1.807, 2.05) is 0 Å². The second-order valence-corrected chi connectivity index (χ2v) is 7.03. The number of amides is 1. The Morgan fingerprint density at radius 2 is 1.73 bits per heavy atom. The molecule has 9 heteroatoms. The molecular formula is C21H23N3O6. The van der Waals surface area contributed by atoms with Gasteiger partial charge < -0.3 is 15.0 Å². The summed E-state index contributed by atoms with van der Waals surface area (Å²) in [6.45, 7) is 3.06. The molecule has 2 aromatic carbocycles. The summed E-state index contributed by atoms with van der Waals surface area (Å²) in [7, 11) is 3.31. The van der Waals surface area contributed by atoms with E-state index < -0.39 is 29.2 Å². The normalized spacial score (nSPS) is 10.4. The average Bonchev–Trinajstić information content (AvgIpc) is 2.70. The molecule has 0 saturated carbocycles. The van der Waals surface area contributed by atoms with Crippen LogP contribution >= 0.6 is 0 Å². The minimum atomic E-state index is -0.836. The number of nitro groups is 1. The van der Waals surface area contributed by atoms with Crippen molar-refractivity contribution in [3.05, 3.63) is 69.3 Å². The van der Waals surface area contributed by atoms with Crippen LogP contribution in [0.4, 0.5) is 11.4 Å². The van der Waals surface area contributed by atoms with Gasteiger partial charge in [-0.15, -0.1) is 0 Å². The standard InChI is InChI=1S/C21H23N3O6/c1-13(2)22-19(25)12-30-21(27)16-8-6-5-7-15(16)20(26)14-9-10-17(23(3)4)18(11-14)24(28)29/h5-11,13H,12H2,1-4H3,(H,22,25). The Balaban J connectivity index is 2.32. The minimum Gasteiger partial charge on any atom is -0.452 e. The Hall–Kier alpha value is -3.75. The van der Waals surface area contributed by atoms with Crippen molar-refractivity contribution >= 4 is 29.0 Å². The highest BCUT2D eigenvalue weighted by Crippen LogP contribution is 2.29. The third-order valence-corrected chi connectivity index (χ3v) is 4.09. The van der Waals surface area contributed by atoms with Gasteiger partial charge in [0.25, 0.3) is 11.6 Å². The lowest BCUT2D eigenvalue weighted by molar-refractivity contribution is -0.384. The number of rotatable bonds is 8. The molecule has 0 radical (unpaired) electrons. The quantitative estimate of drug-likeness (QED) is 0.306. The zero-order valence-electron chi connectivity index (χ0n) is 17.2. The van der Waals surface area contributed by atoms with E-state index in [9.17, 15) is 24.5 Å². The summed E-state index contributed by atoms with van der Waals surface area (Å²) in [6, 6.07) is 9.96. The first-order valence-corrected chi connectivity index (χ1v) is 9.17. The molecule has 30 heavy (non-hydrogen) atoms. The van der Waals surface area contributed by atoms with Crippen LogP contribution in [-0.2, 0) is 9.53 Å². The number of benzene rings is 2. The molecule has 0 unspecified atom stereocenters. The summed E-state index contributed by atoms with van der Waals surface area (Å²) < 4.78 is 5.01. The number of esters is 1. The van der Waals surface area contributed by atoms with Crippen molar-refractivity contribution in [2.45, 2.75) is 19.9 Å². The first kappa shape index (κ1) is 22.5. The maximum Gasteiger partial charge on any atom is 0.339 e. The van der Waals surface area contributed by atoms with E-state index in [0.29, 0.717) is 5.69 Å². The van der Waals surface area contributed by atoms with Gasteiger partial charge in [-0.2, -0.15) is 0 Å². The van der Waals surface area contributed by atoms with Crippen molar-refractivity contribution in [1.82, 2.24) is 5.32 Å². The van der Waals surface area contributed by atoms with Gasteiger partial charge in [0, 0.05) is 37.3 Å². The summed E-state index contributed by atoms with van der Waals surface area (Å²) in [4.78, 5) is 49.5. The number of carbonyl (C=O) groups is 3. The van der Waals surface area contributed by atoms with Crippen LogP contribution in [0.2, 0.25) is 0 Å². The fraction of sp³-hybridized carbons (Fsp3) is 0.286. The molecule has 2 rings (SSSR count). The predicted octanol–water partition coefficient (Wildman–Crippen LogP) is 2.57. The molecule has 0 bridgehead atoms. The smallest absolute Gasteiger partial charge is 0.339 e. The Morgan fingerprint density at radius 3 is 2.30 bits per heavy atom. The van der Waals surface area contributed by atoms with Gasteiger partial charge in [0.2, 0.25) is 0 Å². The zero-order chi connectivity index (χ0) is 22.4. The number of hydrogen-bond acceptors (Lipinski definition) is 7. The molecule has 1 N–H and O–H groups in total. The number of hydrogen-bond donors (Lipinski definition) is 1. The molecule has 0 heterocycles. The fourth-order valence-electron chi connectivity index (χ4n) is 2.78. The van der Waals surface area contributed by atoms with Crippen LogP contribution in [0.3, 0.4) is 0 Å². The van der Waals surface area contributed by atoms with Gasteiger partial charge in [0.15, 0.2) is 12.4 Å². The first-order chi connectivity index (χ1) is 14.1. The van der Waals surface area contributed by atoms with Crippen LogP contribution in [0, 0.1) is 10.1 Å². The van der Waals surface area contributed by atoms with E-state index in [-0.39, 0.29) is 28.4 Å². The minimum absolute atomic E-state index is 0.0265. The molecular weight excluding hydrogens is 390 g/mol. The molecule has 9 nitrogen and oxygen atoms in total. The van der Waals surface area contributed by atoms with Crippen LogP contribution < -0.4 is 10.2 Å². The lowest BCUT2D eigenvalue weighted by atomic mass is 9.97. The second kappa shape index (κ2) is 9.64. The Kier molecular flexibility index (Phi) is 7.24. The van der Waals surface area contributed by atoms with E-state index in [4.69, 9.17) is 4.74 Å². The van der Waals surface area contributed by atoms with Crippen molar-refractivity contribution in [1.29, 1.82) is 0 Å². The Morgan fingerprint density at radius 1 is 1.10 bits per heavy atom. The van der Waals surface area contributed by atoms with Crippen LogP contribution in [0.1, 0.15) is 40.1 Å². The van der Waals surface area contributed by atoms with Crippen LogP contribution in [0.15, 0.2) is 42.5 Å². The lowest BCUT2D eigenvalue weighted by Gasteiger charge is -2.14. The van der Waals surface area contributed by atoms with Crippen molar-refractivity contribution in [3.8, 4) is 0 Å². The molecule has 1 amide bonds. The second-order valence-electron chi connectivity index (χ2n) is 7.03. The number of carbonyl (C=O) groups excluding carboxylic acids is 3. The van der Waals surface area contributed by atoms with Gasteiger partial charge in [-0.05, 0) is 32.0 Å². The SMILES string of the molecule is CC(C)NC(=O)COC(=O)c1ccccc1C(=O)c1ccc(N(C)C)c([N+](=O)[O-])c1. The van der Waals surface area contributed by atoms with Gasteiger partial charge in [0.05, 0.1) is 10.5 Å². The number of anilines is 1. The highest BCUT2D eigenvalue weighted by atomic mass is 16.6. The fourth-order valence-corrected chi connectivity index (χ4v) is 2.78. The van der Waals surface area contributed by atoms with E-state index in [1.54, 1.807) is 45.0 Å². The van der Waals surface area contributed by atoms with Gasteiger partial charge in [-0.1, -0.05) is 18.2 Å². The number of ether oxygens (including phenoxy) is 1. The van der Waals surface area contributed by atoms with Crippen LogP contribution in [0.5, 0.6) is 0 Å². The van der Waals surface area contributed by atoms with Crippen molar-refractivity contribution < 1.29 is 24.0 Å². The highest BCUT2D eigenvalue weighted by molar-refractivity contribution is 6.15. The third kappa shape index (κ3) is 5.40. The van der Waals surface area contributed by atoms with Crippen molar-refractivity contribution in [3.63, 3.8) is 0 Å².